The van der Waals surface area contributed by atoms with Crippen LogP contribution in [0.4, 0.5) is 0 Å². The van der Waals surface area contributed by atoms with E-state index in [0.29, 0.717) is 23.6 Å². The van der Waals surface area contributed by atoms with E-state index < -0.39 is 5.91 Å². The molecule has 1 saturated heterocycles. The van der Waals surface area contributed by atoms with Crippen molar-refractivity contribution in [3.63, 3.8) is 0 Å². The van der Waals surface area contributed by atoms with Crippen LogP contribution in [0.15, 0.2) is 23.8 Å². The predicted octanol–water partition coefficient (Wildman–Crippen LogP) is 1.91. The Labute approximate surface area is 135 Å². The molecule has 1 aromatic rings. The highest BCUT2D eigenvalue weighted by Gasteiger charge is 2.18. The Bertz CT molecular complexity index is 628. The largest absolute Gasteiger partial charge is 0.497 e. The van der Waals surface area contributed by atoms with Crippen molar-refractivity contribution in [1.29, 1.82) is 5.26 Å². The molecule has 23 heavy (non-hydrogen) atoms. The van der Waals surface area contributed by atoms with Gasteiger partial charge < -0.3 is 19.5 Å². The fraction of sp³-hybridized carbons (Fsp3) is 0.412. The first-order valence-electron chi connectivity index (χ1n) is 7.41. The van der Waals surface area contributed by atoms with Crippen LogP contribution in [0.3, 0.4) is 0 Å². The lowest BCUT2D eigenvalue weighted by atomic mass is 10.1. The number of methoxy groups -OCH3 is 2. The molecule has 1 amide bonds. The zero-order valence-corrected chi connectivity index (χ0v) is 13.3. The summed E-state index contributed by atoms with van der Waals surface area (Å²) in [7, 11) is 3.08. The number of ether oxygens (including phenoxy) is 3. The van der Waals surface area contributed by atoms with E-state index in [4.69, 9.17) is 14.2 Å². The average molecular weight is 316 g/mol. The molecule has 1 aliphatic heterocycles. The standard InChI is InChI=1S/C17H20N2O4/c1-21-14-5-6-16(22-2)12(9-14)8-13(10-18)17(20)19-11-15-4-3-7-23-15/h5-6,8-9,15H,3-4,7,11H2,1-2H3,(H,19,20)/b13-8-/t15-/m1/s1. The first-order valence-corrected chi connectivity index (χ1v) is 7.41. The van der Waals surface area contributed by atoms with Gasteiger partial charge >= 0.3 is 0 Å². The minimum absolute atomic E-state index is 0.00884. The van der Waals surface area contributed by atoms with Crippen LogP contribution in [0.25, 0.3) is 6.08 Å². The summed E-state index contributed by atoms with van der Waals surface area (Å²) in [6.45, 7) is 1.13. The highest BCUT2D eigenvalue weighted by Crippen LogP contribution is 2.26. The molecule has 1 aromatic carbocycles. The van der Waals surface area contributed by atoms with Gasteiger partial charge in [0.15, 0.2) is 0 Å². The molecule has 122 valence electrons. The van der Waals surface area contributed by atoms with Gasteiger partial charge in [-0.3, -0.25) is 4.79 Å². The summed E-state index contributed by atoms with van der Waals surface area (Å²) < 4.78 is 15.9. The molecule has 6 heteroatoms. The number of hydrogen-bond acceptors (Lipinski definition) is 5. The lowest BCUT2D eigenvalue weighted by Gasteiger charge is -2.11. The van der Waals surface area contributed by atoms with E-state index in [1.165, 1.54) is 13.2 Å². The number of benzene rings is 1. The molecular weight excluding hydrogens is 296 g/mol. The Balaban J connectivity index is 2.13. The van der Waals surface area contributed by atoms with Crippen molar-refractivity contribution in [1.82, 2.24) is 5.32 Å². The summed E-state index contributed by atoms with van der Waals surface area (Å²) >= 11 is 0. The molecule has 0 aliphatic carbocycles. The third-order valence-corrected chi connectivity index (χ3v) is 3.62. The van der Waals surface area contributed by atoms with Gasteiger partial charge in [-0.2, -0.15) is 5.26 Å². The molecule has 1 atom stereocenters. The van der Waals surface area contributed by atoms with Gasteiger partial charge in [0, 0.05) is 18.7 Å². The van der Waals surface area contributed by atoms with Gasteiger partial charge in [-0.1, -0.05) is 0 Å². The van der Waals surface area contributed by atoms with Gasteiger partial charge in [-0.05, 0) is 37.1 Å². The molecule has 0 saturated carbocycles. The number of rotatable bonds is 6. The van der Waals surface area contributed by atoms with Gasteiger partial charge in [0.2, 0.25) is 0 Å². The SMILES string of the molecule is COc1ccc(OC)c(/C=C(/C#N)C(=O)NC[C@H]2CCCO2)c1. The van der Waals surface area contributed by atoms with E-state index in [-0.39, 0.29) is 11.7 Å². The number of carbonyl (C=O) groups excluding carboxylic acids is 1. The summed E-state index contributed by atoms with van der Waals surface area (Å²) in [6.07, 6.45) is 3.45. The summed E-state index contributed by atoms with van der Waals surface area (Å²) in [4.78, 5) is 12.2. The third kappa shape index (κ3) is 4.47. The molecule has 6 nitrogen and oxygen atoms in total. The van der Waals surface area contributed by atoms with Gasteiger partial charge in [-0.15, -0.1) is 0 Å². The zero-order chi connectivity index (χ0) is 16.7. The first-order chi connectivity index (χ1) is 11.2. The van der Waals surface area contributed by atoms with Crippen LogP contribution in [-0.4, -0.2) is 39.4 Å². The third-order valence-electron chi connectivity index (χ3n) is 3.62. The maximum atomic E-state index is 12.2. The van der Waals surface area contributed by atoms with E-state index in [0.717, 1.165) is 19.4 Å². The van der Waals surface area contributed by atoms with E-state index in [2.05, 4.69) is 5.32 Å². The topological polar surface area (TPSA) is 80.6 Å². The van der Waals surface area contributed by atoms with Crippen LogP contribution >= 0.6 is 0 Å². The molecule has 2 rings (SSSR count). The summed E-state index contributed by atoms with van der Waals surface area (Å²) in [5, 5.41) is 12.0. The monoisotopic (exact) mass is 316 g/mol. The number of hydrogen-bond donors (Lipinski definition) is 1. The molecule has 0 spiro atoms. The van der Waals surface area contributed by atoms with Crippen LogP contribution in [0, 0.1) is 11.3 Å². The second kappa shape index (κ2) is 8.20. The van der Waals surface area contributed by atoms with Crippen molar-refractivity contribution in [3.05, 3.63) is 29.3 Å². The van der Waals surface area contributed by atoms with E-state index in [1.54, 1.807) is 25.3 Å². The number of nitrogens with one attached hydrogen (secondary N) is 1. The summed E-state index contributed by atoms with van der Waals surface area (Å²) in [6, 6.07) is 7.11. The molecule has 1 aliphatic rings. The Hall–Kier alpha value is -2.52. The van der Waals surface area contributed by atoms with Crippen molar-refractivity contribution in [2.45, 2.75) is 18.9 Å². The molecule has 1 heterocycles. The van der Waals surface area contributed by atoms with Gasteiger partial charge in [0.05, 0.1) is 20.3 Å². The van der Waals surface area contributed by atoms with Crippen molar-refractivity contribution in [2.75, 3.05) is 27.4 Å². The summed E-state index contributed by atoms with van der Waals surface area (Å²) in [5.74, 6) is 0.757. The molecule has 1 N–H and O–H groups in total. The van der Waals surface area contributed by atoms with Crippen LogP contribution in [0.1, 0.15) is 18.4 Å². The van der Waals surface area contributed by atoms with Crippen LogP contribution < -0.4 is 14.8 Å². The van der Waals surface area contributed by atoms with Crippen molar-refractivity contribution >= 4 is 12.0 Å². The molecule has 0 unspecified atom stereocenters. The highest BCUT2D eigenvalue weighted by atomic mass is 16.5. The fourth-order valence-electron chi connectivity index (χ4n) is 2.36. The number of nitriles is 1. The van der Waals surface area contributed by atoms with Crippen LogP contribution in [0.2, 0.25) is 0 Å². The second-order valence-electron chi connectivity index (χ2n) is 5.12. The van der Waals surface area contributed by atoms with E-state index in [1.807, 2.05) is 6.07 Å². The number of nitrogens with zero attached hydrogens (tertiary/aromatic N) is 1. The Morgan fingerprint density at radius 3 is 2.91 bits per heavy atom. The molecular formula is C17H20N2O4. The quantitative estimate of drug-likeness (QED) is 0.640. The Morgan fingerprint density at radius 1 is 1.48 bits per heavy atom. The van der Waals surface area contributed by atoms with Crippen LogP contribution in [-0.2, 0) is 9.53 Å². The van der Waals surface area contributed by atoms with Gasteiger partial charge in [-0.25, -0.2) is 0 Å². The maximum absolute atomic E-state index is 12.2. The maximum Gasteiger partial charge on any atom is 0.262 e. The minimum Gasteiger partial charge on any atom is -0.497 e. The second-order valence-corrected chi connectivity index (χ2v) is 5.12. The van der Waals surface area contributed by atoms with Crippen LogP contribution in [0.5, 0.6) is 11.5 Å². The van der Waals surface area contributed by atoms with E-state index >= 15 is 0 Å². The smallest absolute Gasteiger partial charge is 0.262 e. The van der Waals surface area contributed by atoms with Gasteiger partial charge in [0.25, 0.3) is 5.91 Å². The number of amides is 1. The van der Waals surface area contributed by atoms with E-state index in [9.17, 15) is 10.1 Å². The number of carbonyl (C=O) groups is 1. The van der Waals surface area contributed by atoms with Crippen molar-refractivity contribution < 1.29 is 19.0 Å². The predicted molar refractivity (Wildman–Crippen MR) is 85.1 cm³/mol. The minimum atomic E-state index is -0.423. The Morgan fingerprint density at radius 2 is 2.30 bits per heavy atom. The highest BCUT2D eigenvalue weighted by molar-refractivity contribution is 6.02. The lowest BCUT2D eigenvalue weighted by molar-refractivity contribution is -0.117. The summed E-state index contributed by atoms with van der Waals surface area (Å²) in [5.41, 5.74) is 0.616. The molecule has 0 aromatic heterocycles. The van der Waals surface area contributed by atoms with Crippen molar-refractivity contribution in [2.24, 2.45) is 0 Å². The van der Waals surface area contributed by atoms with Gasteiger partial charge in [0.1, 0.15) is 23.1 Å². The fourth-order valence-corrected chi connectivity index (χ4v) is 2.36. The zero-order valence-electron chi connectivity index (χ0n) is 13.3. The lowest BCUT2D eigenvalue weighted by Crippen LogP contribution is -2.32. The Kier molecular flexibility index (Phi) is 6.01. The molecule has 1 fully saturated rings. The average Bonchev–Trinajstić information content (AvgIpc) is 3.10. The molecule has 0 radical (unpaired) electrons. The molecule has 0 bridgehead atoms. The van der Waals surface area contributed by atoms with Crippen molar-refractivity contribution in [3.8, 4) is 17.6 Å². The first kappa shape index (κ1) is 16.8. The normalized spacial score (nSPS) is 17.4.